The van der Waals surface area contributed by atoms with Gasteiger partial charge in [-0.3, -0.25) is 25.1 Å². The van der Waals surface area contributed by atoms with Gasteiger partial charge in [0.05, 0.1) is 15.0 Å². The van der Waals surface area contributed by atoms with Gasteiger partial charge in [0, 0.05) is 11.9 Å². The highest BCUT2D eigenvalue weighted by Gasteiger charge is 2.20. The molecule has 2 N–H and O–H groups in total. The van der Waals surface area contributed by atoms with Gasteiger partial charge in [0.1, 0.15) is 5.69 Å². The van der Waals surface area contributed by atoms with Gasteiger partial charge < -0.3 is 0 Å². The molecule has 2 aromatic heterocycles. The molecule has 134 valence electrons. The lowest BCUT2D eigenvalue weighted by Gasteiger charge is -2.07. The molecule has 2 aromatic rings. The number of thiophene rings is 1. The van der Waals surface area contributed by atoms with E-state index in [1.807, 2.05) is 6.07 Å². The maximum absolute atomic E-state index is 12.4. The van der Waals surface area contributed by atoms with Crippen molar-refractivity contribution in [2.24, 2.45) is 7.05 Å². The molecule has 8 heteroatoms. The van der Waals surface area contributed by atoms with Gasteiger partial charge in [-0.2, -0.15) is 5.10 Å². The highest BCUT2D eigenvalue weighted by atomic mass is 79.9. The number of hydrogen-bond acceptors (Lipinski definition) is 4. The molecule has 1 aliphatic carbocycles. The Bertz CT molecular complexity index is 786. The molecule has 0 unspecified atom stereocenters. The molecule has 0 fully saturated rings. The SMILES string of the molecule is Cc1nn(C)c(C(=O)NNC(=O)c2cc3c(s2)CCCCCC3)c1Br. The standard InChI is InChI=1S/C17H21BrN4O2S/c1-10-14(18)15(22(2)21-10)17(24)20-19-16(23)13-9-11-7-5-3-4-6-8-12(11)25-13/h9H,3-8H2,1-2H3,(H,19,23)(H,20,24). The number of carbonyl (C=O) groups excluding carboxylic acids is 2. The van der Waals surface area contributed by atoms with Crippen molar-refractivity contribution in [2.45, 2.75) is 45.4 Å². The van der Waals surface area contributed by atoms with Crippen LogP contribution < -0.4 is 10.9 Å². The van der Waals surface area contributed by atoms with Crippen molar-refractivity contribution in [2.75, 3.05) is 0 Å². The minimum atomic E-state index is -0.404. The Balaban J connectivity index is 1.66. The highest BCUT2D eigenvalue weighted by Crippen LogP contribution is 2.28. The topological polar surface area (TPSA) is 76.0 Å². The number of aryl methyl sites for hydroxylation is 4. The lowest BCUT2D eigenvalue weighted by atomic mass is 10.00. The lowest BCUT2D eigenvalue weighted by Crippen LogP contribution is -2.42. The first-order valence-electron chi connectivity index (χ1n) is 8.38. The fourth-order valence-corrected chi connectivity index (χ4v) is 4.73. The Labute approximate surface area is 159 Å². The van der Waals surface area contributed by atoms with E-state index in [4.69, 9.17) is 0 Å². The first-order valence-corrected chi connectivity index (χ1v) is 9.99. The van der Waals surface area contributed by atoms with Crippen molar-refractivity contribution in [3.63, 3.8) is 0 Å². The van der Waals surface area contributed by atoms with Crippen LogP contribution in [0.25, 0.3) is 0 Å². The third kappa shape index (κ3) is 3.95. The van der Waals surface area contributed by atoms with Gasteiger partial charge in [-0.25, -0.2) is 0 Å². The summed E-state index contributed by atoms with van der Waals surface area (Å²) in [5.41, 5.74) is 7.36. The molecule has 2 amide bonds. The second-order valence-corrected chi connectivity index (χ2v) is 8.18. The van der Waals surface area contributed by atoms with E-state index in [0.717, 1.165) is 18.5 Å². The summed E-state index contributed by atoms with van der Waals surface area (Å²) in [4.78, 5) is 26.7. The van der Waals surface area contributed by atoms with Crippen LogP contribution in [0.1, 0.15) is 62.0 Å². The number of hydrazine groups is 1. The molecule has 0 saturated carbocycles. The van der Waals surface area contributed by atoms with Gasteiger partial charge in [-0.1, -0.05) is 12.8 Å². The van der Waals surface area contributed by atoms with E-state index in [0.29, 0.717) is 15.0 Å². The lowest BCUT2D eigenvalue weighted by molar-refractivity contribution is 0.0843. The molecule has 6 nitrogen and oxygen atoms in total. The molecule has 0 bridgehead atoms. The van der Waals surface area contributed by atoms with Crippen LogP contribution in [0, 0.1) is 6.92 Å². The molecule has 0 aromatic carbocycles. The first kappa shape index (κ1) is 18.1. The minimum absolute atomic E-state index is 0.278. The van der Waals surface area contributed by atoms with Crippen LogP contribution in [-0.4, -0.2) is 21.6 Å². The summed E-state index contributed by atoms with van der Waals surface area (Å²) in [7, 11) is 1.69. The van der Waals surface area contributed by atoms with Gasteiger partial charge in [-0.15, -0.1) is 11.3 Å². The molecule has 2 heterocycles. The van der Waals surface area contributed by atoms with Crippen molar-refractivity contribution >= 4 is 39.1 Å². The molecule has 1 aliphatic rings. The maximum Gasteiger partial charge on any atom is 0.289 e. The smallest absolute Gasteiger partial charge is 0.266 e. The zero-order valence-electron chi connectivity index (χ0n) is 14.3. The van der Waals surface area contributed by atoms with E-state index >= 15 is 0 Å². The normalized spacial score (nSPS) is 14.4. The van der Waals surface area contributed by atoms with Crippen LogP contribution in [0.2, 0.25) is 0 Å². The number of nitrogens with zero attached hydrogens (tertiary/aromatic N) is 2. The Kier molecular flexibility index (Phi) is 5.58. The summed E-state index contributed by atoms with van der Waals surface area (Å²) < 4.78 is 2.11. The molecular formula is C17H21BrN4O2S. The van der Waals surface area contributed by atoms with Crippen LogP contribution >= 0.6 is 27.3 Å². The Morgan fingerprint density at radius 1 is 1.16 bits per heavy atom. The number of amides is 2. The number of rotatable bonds is 2. The largest absolute Gasteiger partial charge is 0.289 e. The van der Waals surface area contributed by atoms with Crippen LogP contribution in [0.4, 0.5) is 0 Å². The Morgan fingerprint density at radius 3 is 2.52 bits per heavy atom. The van der Waals surface area contributed by atoms with Gasteiger partial charge in [-0.05, 0) is 60.2 Å². The molecule has 0 atom stereocenters. The fraction of sp³-hybridized carbons (Fsp3) is 0.471. The van der Waals surface area contributed by atoms with E-state index in [1.165, 1.54) is 52.1 Å². The van der Waals surface area contributed by atoms with Crippen molar-refractivity contribution in [1.82, 2.24) is 20.6 Å². The van der Waals surface area contributed by atoms with Crippen molar-refractivity contribution in [3.05, 3.63) is 37.2 Å². The third-order valence-corrected chi connectivity index (χ3v) is 6.56. The number of hydrogen-bond donors (Lipinski definition) is 2. The molecule has 0 aliphatic heterocycles. The molecule has 0 radical (unpaired) electrons. The van der Waals surface area contributed by atoms with Crippen molar-refractivity contribution < 1.29 is 9.59 Å². The predicted molar refractivity (Wildman–Crippen MR) is 101 cm³/mol. The second kappa shape index (κ2) is 7.70. The molecular weight excluding hydrogens is 404 g/mol. The van der Waals surface area contributed by atoms with Crippen LogP contribution in [-0.2, 0) is 19.9 Å². The molecule has 0 saturated heterocycles. The highest BCUT2D eigenvalue weighted by molar-refractivity contribution is 9.10. The third-order valence-electron chi connectivity index (χ3n) is 4.37. The maximum atomic E-state index is 12.4. The average Bonchev–Trinajstić information content (AvgIpc) is 3.05. The number of carbonyl (C=O) groups is 2. The van der Waals surface area contributed by atoms with E-state index < -0.39 is 5.91 Å². The second-order valence-electron chi connectivity index (χ2n) is 6.25. The minimum Gasteiger partial charge on any atom is -0.266 e. The zero-order valence-corrected chi connectivity index (χ0v) is 16.7. The van der Waals surface area contributed by atoms with Crippen LogP contribution in [0.3, 0.4) is 0 Å². The predicted octanol–water partition coefficient (Wildman–Crippen LogP) is 3.29. The fourth-order valence-electron chi connectivity index (χ4n) is 3.07. The summed E-state index contributed by atoms with van der Waals surface area (Å²) in [6.07, 6.45) is 6.95. The van der Waals surface area contributed by atoms with Gasteiger partial charge >= 0.3 is 0 Å². The monoisotopic (exact) mass is 424 g/mol. The van der Waals surface area contributed by atoms with Crippen molar-refractivity contribution in [3.8, 4) is 0 Å². The quantitative estimate of drug-likeness (QED) is 0.726. The van der Waals surface area contributed by atoms with E-state index in [9.17, 15) is 9.59 Å². The average molecular weight is 425 g/mol. The van der Waals surface area contributed by atoms with Crippen LogP contribution in [0.5, 0.6) is 0 Å². The summed E-state index contributed by atoms with van der Waals surface area (Å²) in [6.45, 7) is 1.81. The number of aromatic nitrogens is 2. The van der Waals surface area contributed by atoms with Gasteiger partial charge in [0.2, 0.25) is 0 Å². The number of nitrogens with one attached hydrogen (secondary N) is 2. The molecule has 0 spiro atoms. The molecule has 25 heavy (non-hydrogen) atoms. The number of halogens is 1. The van der Waals surface area contributed by atoms with Gasteiger partial charge in [0.25, 0.3) is 11.8 Å². The Morgan fingerprint density at radius 2 is 1.84 bits per heavy atom. The number of fused-ring (bicyclic) bond motifs is 1. The zero-order chi connectivity index (χ0) is 18.0. The molecule has 3 rings (SSSR count). The first-order chi connectivity index (χ1) is 12.0. The van der Waals surface area contributed by atoms with E-state index in [1.54, 1.807) is 14.0 Å². The summed E-state index contributed by atoms with van der Waals surface area (Å²) in [5.74, 6) is -0.682. The van der Waals surface area contributed by atoms with E-state index in [2.05, 4.69) is 31.9 Å². The summed E-state index contributed by atoms with van der Waals surface area (Å²) >= 11 is 4.89. The summed E-state index contributed by atoms with van der Waals surface area (Å²) in [5, 5.41) is 4.18. The van der Waals surface area contributed by atoms with E-state index in [-0.39, 0.29) is 5.91 Å². The summed E-state index contributed by atoms with van der Waals surface area (Å²) in [6, 6.07) is 1.97. The van der Waals surface area contributed by atoms with Crippen LogP contribution in [0.15, 0.2) is 10.5 Å². The Hall–Kier alpha value is -1.67. The van der Waals surface area contributed by atoms with Crippen molar-refractivity contribution in [1.29, 1.82) is 0 Å². The van der Waals surface area contributed by atoms with Gasteiger partial charge in [0.15, 0.2) is 0 Å².